The van der Waals surface area contributed by atoms with Gasteiger partial charge in [-0.2, -0.15) is 0 Å². The normalized spacial score (nSPS) is 17.6. The molecule has 2 unspecified atom stereocenters. The zero-order valence-corrected chi connectivity index (χ0v) is 16.5. The highest BCUT2D eigenvalue weighted by Gasteiger charge is 2.19. The van der Waals surface area contributed by atoms with Crippen molar-refractivity contribution in [2.45, 2.75) is 25.3 Å². The van der Waals surface area contributed by atoms with Crippen molar-refractivity contribution in [2.75, 3.05) is 13.1 Å². The molecule has 0 aliphatic carbocycles. The molecule has 3 nitrogen and oxygen atoms in total. The summed E-state index contributed by atoms with van der Waals surface area (Å²) in [5.74, 6) is 0.761. The van der Waals surface area contributed by atoms with Gasteiger partial charge in [-0.3, -0.25) is 4.79 Å². The van der Waals surface area contributed by atoms with Gasteiger partial charge in [0, 0.05) is 10.9 Å². The van der Waals surface area contributed by atoms with Gasteiger partial charge < -0.3 is 10.6 Å². The summed E-state index contributed by atoms with van der Waals surface area (Å²) < 4.78 is 1.04. The number of amides is 1. The number of carbonyl (C=O) groups excluding carboxylic acids is 1. The van der Waals surface area contributed by atoms with E-state index >= 15 is 0 Å². The first-order chi connectivity index (χ1) is 11.7. The molecule has 1 amide bonds. The topological polar surface area (TPSA) is 41.1 Å². The molecule has 0 radical (unpaired) electrons. The summed E-state index contributed by atoms with van der Waals surface area (Å²) in [5, 5.41) is 6.58. The average Bonchev–Trinajstić information content (AvgIpc) is 3.13. The van der Waals surface area contributed by atoms with Gasteiger partial charge in [0.05, 0.1) is 6.04 Å². The molecule has 5 heteroatoms. The fourth-order valence-corrected chi connectivity index (χ4v) is 3.45. The molecule has 2 atom stereocenters. The number of hydrogen-bond acceptors (Lipinski definition) is 2. The van der Waals surface area contributed by atoms with Gasteiger partial charge in [0.15, 0.2) is 0 Å². The Kier molecular flexibility index (Phi) is 7.94. The molecular weight excluding hydrogens is 400 g/mol. The molecule has 3 rings (SSSR count). The van der Waals surface area contributed by atoms with Crippen LogP contribution in [0.15, 0.2) is 59.1 Å². The van der Waals surface area contributed by atoms with Crippen LogP contribution in [0.2, 0.25) is 0 Å². The number of rotatable bonds is 6. The van der Waals surface area contributed by atoms with E-state index in [0.29, 0.717) is 12.3 Å². The minimum atomic E-state index is -0.103. The molecule has 2 aromatic rings. The Labute approximate surface area is 164 Å². The maximum absolute atomic E-state index is 12.5. The van der Waals surface area contributed by atoms with E-state index in [0.717, 1.165) is 35.1 Å². The molecule has 0 bridgehead atoms. The van der Waals surface area contributed by atoms with E-state index in [-0.39, 0.29) is 24.4 Å². The van der Waals surface area contributed by atoms with Gasteiger partial charge in [-0.15, -0.1) is 12.4 Å². The summed E-state index contributed by atoms with van der Waals surface area (Å²) in [4.78, 5) is 12.5. The Hall–Kier alpha value is -1.36. The number of carbonyl (C=O) groups is 1. The second kappa shape index (κ2) is 9.95. The van der Waals surface area contributed by atoms with E-state index in [1.54, 1.807) is 0 Å². The molecule has 1 saturated heterocycles. The van der Waals surface area contributed by atoms with Crippen molar-refractivity contribution < 1.29 is 4.79 Å². The minimum absolute atomic E-state index is 0. The van der Waals surface area contributed by atoms with Crippen molar-refractivity contribution in [3.8, 4) is 0 Å². The van der Waals surface area contributed by atoms with Crippen LogP contribution in [0.3, 0.4) is 0 Å². The number of benzene rings is 2. The number of hydrogen-bond donors (Lipinski definition) is 2. The van der Waals surface area contributed by atoms with Crippen LogP contribution in [0.25, 0.3) is 0 Å². The minimum Gasteiger partial charge on any atom is -0.345 e. The van der Waals surface area contributed by atoms with Gasteiger partial charge in [0.25, 0.3) is 0 Å². The Morgan fingerprint density at radius 3 is 2.44 bits per heavy atom. The van der Waals surface area contributed by atoms with Crippen molar-refractivity contribution in [3.05, 3.63) is 70.2 Å². The summed E-state index contributed by atoms with van der Waals surface area (Å²) in [7, 11) is 0. The molecule has 134 valence electrons. The molecule has 2 N–H and O–H groups in total. The lowest BCUT2D eigenvalue weighted by Gasteiger charge is -2.20. The summed E-state index contributed by atoms with van der Waals surface area (Å²) in [5.41, 5.74) is 2.20. The molecule has 0 spiro atoms. The lowest BCUT2D eigenvalue weighted by molar-refractivity contribution is -0.121. The predicted octanol–water partition coefficient (Wildman–Crippen LogP) is 4.47. The standard InChI is InChI=1S/C20H23BrN2O.ClH/c21-18-9-7-17(8-10-18)20(16-4-2-1-3-5-16)23-19(24)11-6-15-12-13-22-14-15;/h1-5,7-10,15,20,22H,6,11-14H2,(H,23,24);1H. The zero-order valence-electron chi connectivity index (χ0n) is 14.1. The molecule has 2 aromatic carbocycles. The van der Waals surface area contributed by atoms with Crippen LogP contribution < -0.4 is 10.6 Å². The molecule has 1 aliphatic rings. The van der Waals surface area contributed by atoms with Crippen LogP contribution in [0, 0.1) is 5.92 Å². The van der Waals surface area contributed by atoms with Gasteiger partial charge in [0.2, 0.25) is 5.91 Å². The molecule has 1 aliphatic heterocycles. The monoisotopic (exact) mass is 422 g/mol. The summed E-state index contributed by atoms with van der Waals surface area (Å²) in [6.07, 6.45) is 2.73. The van der Waals surface area contributed by atoms with Crippen molar-refractivity contribution in [3.63, 3.8) is 0 Å². The summed E-state index contributed by atoms with van der Waals surface area (Å²) in [6.45, 7) is 2.12. The van der Waals surface area contributed by atoms with E-state index in [9.17, 15) is 4.79 Å². The largest absolute Gasteiger partial charge is 0.345 e. The van der Waals surface area contributed by atoms with Crippen LogP contribution in [0.4, 0.5) is 0 Å². The van der Waals surface area contributed by atoms with Gasteiger partial charge in [-0.05, 0) is 55.1 Å². The predicted molar refractivity (Wildman–Crippen MR) is 108 cm³/mol. The molecule has 25 heavy (non-hydrogen) atoms. The summed E-state index contributed by atoms with van der Waals surface area (Å²) in [6, 6.07) is 18.2. The molecular formula is C20H24BrClN2O. The average molecular weight is 424 g/mol. The molecule has 0 aromatic heterocycles. The van der Waals surface area contributed by atoms with Crippen molar-refractivity contribution in [1.29, 1.82) is 0 Å². The molecule has 1 fully saturated rings. The van der Waals surface area contributed by atoms with Crippen molar-refractivity contribution >= 4 is 34.2 Å². The quantitative estimate of drug-likeness (QED) is 0.720. The maximum atomic E-state index is 12.5. The van der Waals surface area contributed by atoms with Crippen LogP contribution in [0.5, 0.6) is 0 Å². The number of halogens is 2. The smallest absolute Gasteiger partial charge is 0.220 e. The Morgan fingerprint density at radius 2 is 1.80 bits per heavy atom. The third-order valence-electron chi connectivity index (χ3n) is 4.58. The highest BCUT2D eigenvalue weighted by atomic mass is 79.9. The lowest BCUT2D eigenvalue weighted by Crippen LogP contribution is -2.29. The van der Waals surface area contributed by atoms with Gasteiger partial charge in [-0.25, -0.2) is 0 Å². The highest BCUT2D eigenvalue weighted by Crippen LogP contribution is 2.24. The summed E-state index contributed by atoms with van der Waals surface area (Å²) >= 11 is 3.47. The fourth-order valence-electron chi connectivity index (χ4n) is 3.19. The second-order valence-electron chi connectivity index (χ2n) is 6.36. The van der Waals surface area contributed by atoms with Crippen LogP contribution in [-0.2, 0) is 4.79 Å². The molecule has 0 saturated carbocycles. The second-order valence-corrected chi connectivity index (χ2v) is 7.28. The Bertz CT molecular complexity index is 657. The third kappa shape index (κ3) is 5.84. The van der Waals surface area contributed by atoms with Crippen molar-refractivity contribution in [2.24, 2.45) is 5.92 Å². The maximum Gasteiger partial charge on any atom is 0.220 e. The van der Waals surface area contributed by atoms with Crippen LogP contribution in [0.1, 0.15) is 36.4 Å². The molecule has 1 heterocycles. The zero-order chi connectivity index (χ0) is 16.8. The lowest BCUT2D eigenvalue weighted by atomic mass is 9.97. The number of nitrogens with one attached hydrogen (secondary N) is 2. The first-order valence-electron chi connectivity index (χ1n) is 8.53. The van der Waals surface area contributed by atoms with E-state index < -0.39 is 0 Å². The van der Waals surface area contributed by atoms with Gasteiger partial charge in [-0.1, -0.05) is 58.4 Å². The third-order valence-corrected chi connectivity index (χ3v) is 5.11. The van der Waals surface area contributed by atoms with Crippen LogP contribution >= 0.6 is 28.3 Å². The van der Waals surface area contributed by atoms with Gasteiger partial charge in [0.1, 0.15) is 0 Å². The van der Waals surface area contributed by atoms with Gasteiger partial charge >= 0.3 is 0 Å². The Morgan fingerprint density at radius 1 is 1.12 bits per heavy atom. The first kappa shape index (κ1) is 20.0. The van der Waals surface area contributed by atoms with E-state index in [1.807, 2.05) is 30.3 Å². The van der Waals surface area contributed by atoms with Crippen LogP contribution in [-0.4, -0.2) is 19.0 Å². The first-order valence-corrected chi connectivity index (χ1v) is 9.32. The Balaban J connectivity index is 0.00000225. The van der Waals surface area contributed by atoms with E-state index in [4.69, 9.17) is 0 Å². The SMILES string of the molecule is Cl.O=C(CCC1CCNC1)NC(c1ccccc1)c1ccc(Br)cc1. The van der Waals surface area contributed by atoms with E-state index in [1.165, 1.54) is 6.42 Å². The fraction of sp³-hybridized carbons (Fsp3) is 0.350. The van der Waals surface area contributed by atoms with Crippen molar-refractivity contribution in [1.82, 2.24) is 10.6 Å². The van der Waals surface area contributed by atoms with E-state index in [2.05, 4.69) is 50.8 Å². The highest BCUT2D eigenvalue weighted by molar-refractivity contribution is 9.10.